The first kappa shape index (κ1) is 26.9. The molecule has 3 N–H and O–H groups in total. The molecule has 0 aromatic heterocycles. The van der Waals surface area contributed by atoms with Crippen molar-refractivity contribution in [3.63, 3.8) is 0 Å². The number of hydrogen-bond donors (Lipinski definition) is 3. The number of aliphatic hydroxyl groups is 3. The highest BCUT2D eigenvalue weighted by Gasteiger charge is 2.84. The molecule has 6 rings (SSSR count). The Balaban J connectivity index is 1.33. The number of cyclic esters (lactones) is 1. The fraction of sp³-hybridized carbons (Fsp3) is 0.867. The Kier molecular flexibility index (Phi) is 5.91. The van der Waals surface area contributed by atoms with Crippen LogP contribution in [-0.2, 0) is 23.8 Å². The Bertz CT molecular complexity index is 1090. The maximum atomic E-state index is 13.8. The van der Waals surface area contributed by atoms with Gasteiger partial charge in [-0.15, -0.1) is 0 Å². The van der Waals surface area contributed by atoms with E-state index in [1.807, 2.05) is 20.8 Å². The molecule has 0 aromatic rings. The molecule has 38 heavy (non-hydrogen) atoms. The van der Waals surface area contributed by atoms with Gasteiger partial charge in [0.1, 0.15) is 23.6 Å². The molecular formula is C30H44O8. The van der Waals surface area contributed by atoms with Gasteiger partial charge < -0.3 is 29.5 Å². The van der Waals surface area contributed by atoms with Gasteiger partial charge in [-0.25, -0.2) is 4.79 Å². The summed E-state index contributed by atoms with van der Waals surface area (Å²) in [6.45, 7) is 12.1. The Hall–Kier alpha value is -1.32. The number of carbonyl (C=O) groups is 2. The van der Waals surface area contributed by atoms with E-state index in [1.165, 1.54) is 0 Å². The molecule has 2 heterocycles. The molecule has 0 aromatic carbocycles. The lowest BCUT2D eigenvalue weighted by molar-refractivity contribution is -0.238. The fourth-order valence-electron chi connectivity index (χ4n) is 10.2. The fourth-order valence-corrected chi connectivity index (χ4v) is 10.2. The summed E-state index contributed by atoms with van der Waals surface area (Å²) in [5.74, 6) is -0.912. The molecule has 0 amide bonds. The van der Waals surface area contributed by atoms with Crippen LogP contribution >= 0.6 is 0 Å². The molecule has 13 atom stereocenters. The lowest BCUT2D eigenvalue weighted by Crippen LogP contribution is -2.72. The van der Waals surface area contributed by atoms with Crippen molar-refractivity contribution in [1.29, 1.82) is 0 Å². The molecule has 5 fully saturated rings. The molecule has 212 valence electrons. The number of epoxide rings is 1. The molecule has 2 aliphatic heterocycles. The third kappa shape index (κ3) is 2.99. The number of esters is 1. The zero-order chi connectivity index (χ0) is 27.6. The average molecular weight is 533 g/mol. The van der Waals surface area contributed by atoms with Crippen molar-refractivity contribution in [3.8, 4) is 0 Å². The molecule has 8 nitrogen and oxygen atoms in total. The van der Waals surface area contributed by atoms with Gasteiger partial charge in [0.2, 0.25) is 0 Å². The standard InChI is InChI=1S/C30H44O8/c1-7-36-21-13-22(31)28(6)17-8-9-27(5)18(16(4)20-10-14(2)15(3)26(34)37-20)11-23(32)29(27,35)19(17)12-24-30(28,38-24)25(21)33/h16-21,23-25,32-33,35H,7-13H2,1-6H3/t16-,17-,18+,19+,20+,21-,23-,24+,25-,27+,28-,29+,30-/m0/s1. The predicted octanol–water partition coefficient (Wildman–Crippen LogP) is 2.71. The molecule has 0 bridgehead atoms. The van der Waals surface area contributed by atoms with Crippen LogP contribution in [0.1, 0.15) is 80.1 Å². The van der Waals surface area contributed by atoms with Crippen molar-refractivity contribution >= 4 is 11.8 Å². The van der Waals surface area contributed by atoms with Gasteiger partial charge >= 0.3 is 5.97 Å². The Morgan fingerprint density at radius 3 is 2.47 bits per heavy atom. The van der Waals surface area contributed by atoms with Gasteiger partial charge in [-0.1, -0.05) is 19.4 Å². The Morgan fingerprint density at radius 1 is 1.11 bits per heavy atom. The van der Waals surface area contributed by atoms with Crippen LogP contribution in [0.15, 0.2) is 11.1 Å². The van der Waals surface area contributed by atoms with Crippen molar-refractivity contribution in [1.82, 2.24) is 0 Å². The van der Waals surface area contributed by atoms with Crippen LogP contribution in [0.5, 0.6) is 0 Å². The first-order valence-corrected chi connectivity index (χ1v) is 14.6. The quantitative estimate of drug-likeness (QED) is 0.373. The second-order valence-corrected chi connectivity index (χ2v) is 13.7. The zero-order valence-electron chi connectivity index (χ0n) is 23.5. The van der Waals surface area contributed by atoms with Gasteiger partial charge in [-0.2, -0.15) is 0 Å². The maximum Gasteiger partial charge on any atom is 0.333 e. The summed E-state index contributed by atoms with van der Waals surface area (Å²) in [6, 6.07) is 0. The van der Waals surface area contributed by atoms with E-state index in [0.717, 1.165) is 5.57 Å². The largest absolute Gasteiger partial charge is 0.458 e. The maximum absolute atomic E-state index is 13.8. The van der Waals surface area contributed by atoms with E-state index < -0.39 is 40.3 Å². The third-order valence-corrected chi connectivity index (χ3v) is 12.6. The molecule has 4 aliphatic carbocycles. The van der Waals surface area contributed by atoms with Crippen LogP contribution in [-0.4, -0.2) is 75.4 Å². The number of carbonyl (C=O) groups excluding carboxylic acids is 2. The molecule has 0 unspecified atom stereocenters. The SMILES string of the molecule is CCO[C@H]1CC(=O)[C@]2(C)[C@H]3CC[C@]4(C)[C@@H]([C@H](C)[C@H]5CC(C)=C(C)C(=O)O5)C[C@H](O)[C@]4(O)[C@@H]3C[C@H]3O[C@]32[C@H]1O. The third-order valence-electron chi connectivity index (χ3n) is 12.6. The van der Waals surface area contributed by atoms with E-state index >= 15 is 0 Å². The predicted molar refractivity (Wildman–Crippen MR) is 137 cm³/mol. The van der Waals surface area contributed by atoms with Gasteiger partial charge in [-0.05, 0) is 77.0 Å². The van der Waals surface area contributed by atoms with Crippen LogP contribution in [0.3, 0.4) is 0 Å². The van der Waals surface area contributed by atoms with Crippen molar-refractivity contribution in [2.45, 2.75) is 122 Å². The zero-order valence-corrected chi connectivity index (χ0v) is 23.5. The molecule has 4 saturated carbocycles. The van der Waals surface area contributed by atoms with Gasteiger partial charge in [-0.3, -0.25) is 4.79 Å². The summed E-state index contributed by atoms with van der Waals surface area (Å²) in [4.78, 5) is 26.3. The Labute approximate surface area is 225 Å². The highest BCUT2D eigenvalue weighted by Crippen LogP contribution is 2.74. The summed E-state index contributed by atoms with van der Waals surface area (Å²) in [7, 11) is 0. The highest BCUT2D eigenvalue weighted by atomic mass is 16.6. The van der Waals surface area contributed by atoms with E-state index in [2.05, 4.69) is 13.8 Å². The van der Waals surface area contributed by atoms with Crippen LogP contribution in [0.25, 0.3) is 0 Å². The number of ketones is 1. The number of rotatable bonds is 4. The molecule has 8 heteroatoms. The number of ether oxygens (including phenoxy) is 3. The average Bonchev–Trinajstić information content (AvgIpc) is 3.57. The number of aliphatic hydroxyl groups excluding tert-OH is 2. The smallest absolute Gasteiger partial charge is 0.333 e. The second kappa shape index (κ2) is 8.35. The van der Waals surface area contributed by atoms with Crippen molar-refractivity contribution in [2.75, 3.05) is 6.61 Å². The van der Waals surface area contributed by atoms with E-state index in [9.17, 15) is 24.9 Å². The van der Waals surface area contributed by atoms with Gasteiger partial charge in [0.05, 0.1) is 29.3 Å². The minimum absolute atomic E-state index is 0.0230. The summed E-state index contributed by atoms with van der Waals surface area (Å²) < 4.78 is 17.9. The molecule has 0 radical (unpaired) electrons. The van der Waals surface area contributed by atoms with E-state index in [0.29, 0.717) is 44.3 Å². The lowest BCUT2D eigenvalue weighted by Gasteiger charge is -2.62. The van der Waals surface area contributed by atoms with Gasteiger partial charge in [0.25, 0.3) is 0 Å². The summed E-state index contributed by atoms with van der Waals surface area (Å²) in [5, 5.41) is 35.6. The van der Waals surface area contributed by atoms with Crippen LogP contribution < -0.4 is 0 Å². The summed E-state index contributed by atoms with van der Waals surface area (Å²) >= 11 is 0. The minimum atomic E-state index is -1.41. The monoisotopic (exact) mass is 532 g/mol. The van der Waals surface area contributed by atoms with E-state index in [1.54, 1.807) is 6.92 Å². The number of Topliss-reactive ketones (excluding diaryl/α,β-unsaturated/α-hetero) is 1. The second-order valence-electron chi connectivity index (χ2n) is 13.7. The normalized spacial score (nSPS) is 54.4. The first-order chi connectivity index (χ1) is 17.8. The molecule has 6 aliphatic rings. The van der Waals surface area contributed by atoms with Crippen LogP contribution in [0, 0.1) is 34.5 Å². The van der Waals surface area contributed by atoms with Crippen molar-refractivity contribution in [2.24, 2.45) is 34.5 Å². The van der Waals surface area contributed by atoms with Crippen LogP contribution in [0.4, 0.5) is 0 Å². The van der Waals surface area contributed by atoms with E-state index in [-0.39, 0.29) is 54.1 Å². The Morgan fingerprint density at radius 2 is 1.82 bits per heavy atom. The van der Waals surface area contributed by atoms with Crippen LogP contribution in [0.2, 0.25) is 0 Å². The lowest BCUT2D eigenvalue weighted by atomic mass is 9.42. The topological polar surface area (TPSA) is 126 Å². The summed E-state index contributed by atoms with van der Waals surface area (Å²) in [5.41, 5.74) is -2.26. The van der Waals surface area contributed by atoms with E-state index in [4.69, 9.17) is 14.2 Å². The molecule has 1 saturated heterocycles. The number of hydrogen-bond acceptors (Lipinski definition) is 8. The molecular weight excluding hydrogens is 488 g/mol. The highest BCUT2D eigenvalue weighted by molar-refractivity contribution is 5.90. The minimum Gasteiger partial charge on any atom is -0.458 e. The van der Waals surface area contributed by atoms with Gasteiger partial charge in [0.15, 0.2) is 0 Å². The van der Waals surface area contributed by atoms with Gasteiger partial charge in [0, 0.05) is 30.4 Å². The number of fused-ring (bicyclic) bond motifs is 4. The van der Waals surface area contributed by atoms with Crippen molar-refractivity contribution < 1.29 is 39.1 Å². The van der Waals surface area contributed by atoms with Crippen molar-refractivity contribution in [3.05, 3.63) is 11.1 Å². The molecule has 1 spiro atoms. The summed E-state index contributed by atoms with van der Waals surface area (Å²) in [6.07, 6.45) is -0.0542. The first-order valence-electron chi connectivity index (χ1n) is 14.6.